The number of amides is 1. The molecule has 1 amide bonds. The van der Waals surface area contributed by atoms with Gasteiger partial charge in [0.05, 0.1) is 0 Å². The zero-order valence-electron chi connectivity index (χ0n) is 13.0. The van der Waals surface area contributed by atoms with Crippen LogP contribution in [-0.2, 0) is 21.4 Å². The van der Waals surface area contributed by atoms with E-state index in [-0.39, 0.29) is 0 Å². The fraction of sp³-hybridized carbons (Fsp3) is 0.846. The summed E-state index contributed by atoms with van der Waals surface area (Å²) in [6.45, 7) is 0.987. The lowest BCUT2D eigenvalue weighted by molar-refractivity contribution is -0.203. The largest absolute Gasteiger partial charge is 0.480 e. The number of carboxylic acids is 1. The summed E-state index contributed by atoms with van der Waals surface area (Å²) in [5.74, 6) is -3.62. The van der Waals surface area contributed by atoms with Crippen LogP contribution >= 0.6 is 7.36 Å². The second-order valence-corrected chi connectivity index (χ2v) is 7.40. The van der Waals surface area contributed by atoms with Crippen molar-refractivity contribution in [2.24, 2.45) is 0 Å². The van der Waals surface area contributed by atoms with E-state index in [0.29, 0.717) is 31.1 Å². The number of carbonyl (C=O) groups is 2. The van der Waals surface area contributed by atoms with E-state index in [1.165, 1.54) is 0 Å². The van der Waals surface area contributed by atoms with Crippen molar-refractivity contribution in [2.75, 3.05) is 32.7 Å². The van der Waals surface area contributed by atoms with Crippen LogP contribution < -0.4 is 0 Å². The molecule has 136 valence electrons. The molecule has 1 atom stereocenters. The van der Waals surface area contributed by atoms with E-state index in [4.69, 9.17) is 16.9 Å². The smallest absolute Gasteiger partial charge is 0.471 e. The van der Waals surface area contributed by atoms with E-state index in [1.807, 2.05) is 0 Å². The molecular weight excluding hydrogens is 366 g/mol. The molecule has 1 unspecified atom stereocenters. The topological polar surface area (TPSA) is 64.1 Å². The molecular formula is C13H20F3N3O3PS+. The minimum atomic E-state index is -5.14. The Kier molecular flexibility index (Phi) is 6.17. The van der Waals surface area contributed by atoms with Gasteiger partial charge in [0, 0.05) is 26.2 Å². The third-order valence-electron chi connectivity index (χ3n) is 4.39. The second kappa shape index (κ2) is 7.59. The first-order chi connectivity index (χ1) is 11.2. The van der Waals surface area contributed by atoms with Crippen LogP contribution in [0.4, 0.5) is 13.2 Å². The van der Waals surface area contributed by atoms with E-state index in [1.54, 1.807) is 9.80 Å². The molecule has 1 N–H and O–H groups in total. The van der Waals surface area contributed by atoms with Gasteiger partial charge in [-0.05, 0) is 25.7 Å². The quantitative estimate of drug-likeness (QED) is 0.697. The summed E-state index contributed by atoms with van der Waals surface area (Å²) in [5.41, 5.74) is -1.48. The average Bonchev–Trinajstić information content (AvgIpc) is 3.19. The van der Waals surface area contributed by atoms with Gasteiger partial charge in [-0.25, -0.2) is 9.80 Å². The predicted octanol–water partition coefficient (Wildman–Crippen LogP) is 1.41. The lowest BCUT2D eigenvalue weighted by Gasteiger charge is -2.45. The zero-order valence-corrected chi connectivity index (χ0v) is 14.8. The van der Waals surface area contributed by atoms with Crippen LogP contribution in [0.15, 0.2) is 0 Å². The number of hydrogen-bond acceptors (Lipinski definition) is 5. The normalized spacial score (nSPS) is 20.6. The summed E-state index contributed by atoms with van der Waals surface area (Å²) in [7, 11) is -0.484. The maximum atomic E-state index is 13.1. The van der Waals surface area contributed by atoms with Crippen molar-refractivity contribution in [3.63, 3.8) is 0 Å². The van der Waals surface area contributed by atoms with Crippen molar-refractivity contribution >= 4 is 31.0 Å². The first kappa shape index (κ1) is 19.5. The number of aliphatic carboxylic acids is 1. The van der Waals surface area contributed by atoms with Crippen molar-refractivity contribution in [1.29, 1.82) is 0 Å². The minimum Gasteiger partial charge on any atom is -0.480 e. The Balaban J connectivity index is 2.51. The third kappa shape index (κ3) is 3.71. The molecule has 0 aromatic rings. The molecule has 2 aliphatic heterocycles. The third-order valence-corrected chi connectivity index (χ3v) is 6.39. The molecule has 0 radical (unpaired) electrons. The van der Waals surface area contributed by atoms with E-state index in [2.05, 4.69) is 0 Å². The average molecular weight is 386 g/mol. The first-order valence-electron chi connectivity index (χ1n) is 7.73. The fourth-order valence-corrected chi connectivity index (χ4v) is 5.50. The highest BCUT2D eigenvalue weighted by atomic mass is 32.4. The number of rotatable bonds is 6. The molecule has 0 spiro atoms. The fourth-order valence-electron chi connectivity index (χ4n) is 3.40. The lowest BCUT2D eigenvalue weighted by atomic mass is 10.3. The monoisotopic (exact) mass is 386 g/mol. The van der Waals surface area contributed by atoms with E-state index in [9.17, 15) is 22.8 Å². The van der Waals surface area contributed by atoms with Crippen molar-refractivity contribution in [3.05, 3.63) is 0 Å². The van der Waals surface area contributed by atoms with Crippen LogP contribution in [0.1, 0.15) is 25.7 Å². The summed E-state index contributed by atoms with van der Waals surface area (Å²) in [5, 5.41) is 9.11. The highest BCUT2D eigenvalue weighted by molar-refractivity contribution is 7.97. The standard InChI is InChI=1S/C13H19F3N3O3PS/c14-12(15,16)11(22)19(9-10(20)21)13(23-24,17-5-1-2-6-17)18-7-3-4-8-18/h1-9H2,(H,20,21)/p+1. The van der Waals surface area contributed by atoms with Gasteiger partial charge >= 0.3 is 23.6 Å². The van der Waals surface area contributed by atoms with Gasteiger partial charge in [0.15, 0.2) is 11.8 Å². The summed E-state index contributed by atoms with van der Waals surface area (Å²) in [4.78, 5) is 27.2. The molecule has 0 bridgehead atoms. The van der Waals surface area contributed by atoms with Crippen LogP contribution in [0.5, 0.6) is 0 Å². The van der Waals surface area contributed by atoms with Gasteiger partial charge in [0.2, 0.25) is 7.36 Å². The maximum absolute atomic E-state index is 13.1. The first-order valence-corrected chi connectivity index (χ1v) is 9.87. The Morgan fingerprint density at radius 1 is 1.04 bits per heavy atom. The summed E-state index contributed by atoms with van der Waals surface area (Å²) < 4.78 is 39.4. The van der Waals surface area contributed by atoms with Gasteiger partial charge in [0.25, 0.3) is 0 Å². The van der Waals surface area contributed by atoms with Crippen LogP contribution in [0.3, 0.4) is 0 Å². The second-order valence-electron chi connectivity index (χ2n) is 5.91. The molecule has 0 saturated carbocycles. The van der Waals surface area contributed by atoms with Gasteiger partial charge in [-0.15, -0.1) is 0 Å². The lowest BCUT2D eigenvalue weighted by Crippen LogP contribution is -2.69. The molecule has 2 rings (SSSR count). The van der Waals surface area contributed by atoms with E-state index in [0.717, 1.165) is 25.7 Å². The predicted molar refractivity (Wildman–Crippen MR) is 85.4 cm³/mol. The van der Waals surface area contributed by atoms with Crippen molar-refractivity contribution in [3.8, 4) is 0 Å². The van der Waals surface area contributed by atoms with Crippen LogP contribution in [0.2, 0.25) is 0 Å². The van der Waals surface area contributed by atoms with Crippen molar-refractivity contribution < 1.29 is 27.9 Å². The summed E-state index contributed by atoms with van der Waals surface area (Å²) >= 11 is 5.22. The molecule has 2 saturated heterocycles. The Morgan fingerprint density at radius 2 is 1.46 bits per heavy atom. The molecule has 11 heteroatoms. The van der Waals surface area contributed by atoms with Crippen LogP contribution in [0, 0.1) is 0 Å². The number of hydrogen-bond donors (Lipinski definition) is 1. The Hall–Kier alpha value is -0.830. The van der Waals surface area contributed by atoms with Crippen molar-refractivity contribution in [2.45, 2.75) is 37.4 Å². The number of halogens is 3. The van der Waals surface area contributed by atoms with Gasteiger partial charge in [-0.1, -0.05) is 0 Å². The number of alkyl halides is 3. The summed E-state index contributed by atoms with van der Waals surface area (Å²) in [6, 6.07) is 0. The molecule has 0 aromatic heterocycles. The molecule has 6 nitrogen and oxygen atoms in total. The zero-order chi connectivity index (χ0) is 18.0. The minimum absolute atomic E-state index is 0.442. The van der Waals surface area contributed by atoms with Gasteiger partial charge in [-0.3, -0.25) is 14.5 Å². The molecule has 2 aliphatic rings. The van der Waals surface area contributed by atoms with Crippen molar-refractivity contribution in [1.82, 2.24) is 14.7 Å². The molecule has 2 heterocycles. The van der Waals surface area contributed by atoms with Gasteiger partial charge in [0.1, 0.15) is 6.54 Å². The Bertz CT molecular complexity index is 492. The van der Waals surface area contributed by atoms with E-state index < -0.39 is 37.5 Å². The Morgan fingerprint density at radius 3 is 1.75 bits per heavy atom. The molecule has 0 aliphatic carbocycles. The van der Waals surface area contributed by atoms with Crippen LogP contribution in [-0.4, -0.2) is 76.1 Å². The van der Waals surface area contributed by atoms with Gasteiger partial charge in [-0.2, -0.15) is 13.2 Å². The highest BCUT2D eigenvalue weighted by Gasteiger charge is 2.61. The van der Waals surface area contributed by atoms with E-state index >= 15 is 0 Å². The number of carbonyl (C=O) groups excluding carboxylic acids is 1. The van der Waals surface area contributed by atoms with Gasteiger partial charge < -0.3 is 5.11 Å². The SMILES string of the molecule is O=C(O)CN(C(=O)C(F)(F)F)C([PH+]=S)(N1CCCC1)N1CCCC1. The molecule has 24 heavy (non-hydrogen) atoms. The molecule has 0 aromatic carbocycles. The maximum Gasteiger partial charge on any atom is 0.471 e. The summed E-state index contributed by atoms with van der Waals surface area (Å²) in [6.07, 6.45) is -1.99. The number of nitrogens with zero attached hydrogens (tertiary/aromatic N) is 3. The number of carboxylic acid groups (broad SMARTS) is 1. The van der Waals surface area contributed by atoms with Crippen LogP contribution in [0.25, 0.3) is 0 Å². The highest BCUT2D eigenvalue weighted by Crippen LogP contribution is 2.42. The number of likely N-dealkylation sites (tertiary alicyclic amines) is 2. The molecule has 2 fully saturated rings. The Labute approximate surface area is 144 Å².